The van der Waals surface area contributed by atoms with E-state index in [2.05, 4.69) is 81.5 Å². The Morgan fingerprint density at radius 2 is 0.719 bits per heavy atom. The Balaban J connectivity index is 4.37. The summed E-state index contributed by atoms with van der Waals surface area (Å²) >= 11 is 0. The van der Waals surface area contributed by atoms with Gasteiger partial charge in [-0.1, -0.05) is 184 Å². The molecule has 0 fully saturated rings. The third-order valence-electron chi connectivity index (χ3n) is 10.0. The Hall–Kier alpha value is -2.89. The van der Waals surface area contributed by atoms with Gasteiger partial charge in [-0.15, -0.1) is 0 Å². The van der Waals surface area contributed by atoms with Crippen LogP contribution in [0.3, 0.4) is 0 Å². The number of allylic oxidation sites excluding steroid dienone is 10. The first-order valence-electron chi connectivity index (χ1n) is 23.8. The van der Waals surface area contributed by atoms with Gasteiger partial charge in [0.1, 0.15) is 13.2 Å². The van der Waals surface area contributed by atoms with E-state index >= 15 is 0 Å². The van der Waals surface area contributed by atoms with Crippen LogP contribution < -0.4 is 0 Å². The number of hydrogen-bond donors (Lipinski definition) is 0. The number of carbonyl (C=O) groups is 3. The Kier molecular flexibility index (Phi) is 43.5. The highest BCUT2D eigenvalue weighted by molar-refractivity contribution is 5.71. The molecule has 0 saturated carbocycles. The third kappa shape index (κ3) is 44.1. The first-order chi connectivity index (χ1) is 28.0. The lowest BCUT2D eigenvalue weighted by Gasteiger charge is -2.18. The summed E-state index contributed by atoms with van der Waals surface area (Å²) in [5.74, 6) is -0.958. The molecule has 6 nitrogen and oxygen atoms in total. The first-order valence-corrected chi connectivity index (χ1v) is 23.8. The highest BCUT2D eigenvalue weighted by Crippen LogP contribution is 2.13. The Morgan fingerprint density at radius 1 is 0.368 bits per heavy atom. The van der Waals surface area contributed by atoms with E-state index in [1.165, 1.54) is 103 Å². The SMILES string of the molecule is CC\C=C/C=C\C=C/CCCCCCCC(=O)OC(COC(=O)CCC/C=C\CCCCCC)COC(=O)CCCCCCCCC/C=C\CCCCCCCC. The van der Waals surface area contributed by atoms with Crippen LogP contribution >= 0.6 is 0 Å². The van der Waals surface area contributed by atoms with E-state index in [0.717, 1.165) is 77.0 Å². The average molecular weight is 797 g/mol. The van der Waals surface area contributed by atoms with Gasteiger partial charge in [-0.25, -0.2) is 0 Å². The Labute approximate surface area is 351 Å². The molecule has 0 amide bonds. The van der Waals surface area contributed by atoms with Crippen molar-refractivity contribution in [2.75, 3.05) is 13.2 Å². The summed E-state index contributed by atoms with van der Waals surface area (Å²) in [5.41, 5.74) is 0. The van der Waals surface area contributed by atoms with Crippen LogP contribution in [0.5, 0.6) is 0 Å². The van der Waals surface area contributed by atoms with Gasteiger partial charge < -0.3 is 14.2 Å². The van der Waals surface area contributed by atoms with E-state index in [-0.39, 0.29) is 31.1 Å². The van der Waals surface area contributed by atoms with Crippen LogP contribution in [0.15, 0.2) is 60.8 Å². The standard InChI is InChI=1S/C51H88O6/c1-4-7-10-13-16-19-21-23-24-25-26-28-29-32-35-38-41-44-50(53)56-47-48(46-55-49(52)43-40-37-34-31-18-15-12-9-6-3)57-51(54)45-42-39-36-33-30-27-22-20-17-14-11-8-5-2/h8,11,14,17,20,22-24,31,34,48H,4-7,9-10,12-13,15-16,18-19,21,25-30,32-33,35-47H2,1-3H3/b11-8-,17-14-,22-20-,24-23-,34-31-. The molecule has 0 aliphatic rings. The molecule has 0 N–H and O–H groups in total. The summed E-state index contributed by atoms with van der Waals surface area (Å²) in [6.45, 7) is 6.41. The van der Waals surface area contributed by atoms with E-state index in [4.69, 9.17) is 14.2 Å². The maximum atomic E-state index is 12.7. The molecule has 0 spiro atoms. The molecule has 0 radical (unpaired) electrons. The van der Waals surface area contributed by atoms with Crippen molar-refractivity contribution in [3.05, 3.63) is 60.8 Å². The lowest BCUT2D eigenvalue weighted by atomic mass is 10.1. The minimum atomic E-state index is -0.794. The van der Waals surface area contributed by atoms with Gasteiger partial charge in [0.05, 0.1) is 0 Å². The molecule has 0 bridgehead atoms. The molecule has 0 heterocycles. The summed E-state index contributed by atoms with van der Waals surface area (Å²) < 4.78 is 16.7. The third-order valence-corrected chi connectivity index (χ3v) is 10.0. The van der Waals surface area contributed by atoms with Crippen LogP contribution in [0.4, 0.5) is 0 Å². The smallest absolute Gasteiger partial charge is 0.306 e. The number of esters is 3. The van der Waals surface area contributed by atoms with Gasteiger partial charge in [0.2, 0.25) is 0 Å². The maximum Gasteiger partial charge on any atom is 0.306 e. The minimum Gasteiger partial charge on any atom is -0.462 e. The van der Waals surface area contributed by atoms with Crippen molar-refractivity contribution >= 4 is 17.9 Å². The average Bonchev–Trinajstić information content (AvgIpc) is 3.21. The number of carbonyl (C=O) groups excluding carboxylic acids is 3. The van der Waals surface area contributed by atoms with E-state index < -0.39 is 6.10 Å². The second-order valence-electron chi connectivity index (χ2n) is 15.7. The van der Waals surface area contributed by atoms with E-state index in [9.17, 15) is 14.4 Å². The summed E-state index contributed by atoms with van der Waals surface area (Å²) in [6, 6.07) is 0. The molecular formula is C51H88O6. The second-order valence-corrected chi connectivity index (χ2v) is 15.7. The van der Waals surface area contributed by atoms with Crippen molar-refractivity contribution in [1.82, 2.24) is 0 Å². The molecule has 0 aliphatic heterocycles. The summed E-state index contributed by atoms with van der Waals surface area (Å²) in [4.78, 5) is 37.7. The van der Waals surface area contributed by atoms with Gasteiger partial charge >= 0.3 is 17.9 Å². The predicted molar refractivity (Wildman–Crippen MR) is 242 cm³/mol. The second kappa shape index (κ2) is 45.8. The lowest BCUT2D eigenvalue weighted by molar-refractivity contribution is -0.167. The zero-order valence-corrected chi connectivity index (χ0v) is 37.3. The molecular weight excluding hydrogens is 709 g/mol. The molecule has 1 unspecified atom stereocenters. The van der Waals surface area contributed by atoms with Crippen molar-refractivity contribution < 1.29 is 28.6 Å². The zero-order chi connectivity index (χ0) is 41.5. The highest BCUT2D eigenvalue weighted by Gasteiger charge is 2.19. The number of rotatable bonds is 42. The van der Waals surface area contributed by atoms with Crippen LogP contribution in [-0.4, -0.2) is 37.2 Å². The van der Waals surface area contributed by atoms with Gasteiger partial charge in [-0.3, -0.25) is 14.4 Å². The molecule has 1 atom stereocenters. The van der Waals surface area contributed by atoms with Gasteiger partial charge in [0.25, 0.3) is 0 Å². The normalized spacial score (nSPS) is 12.5. The van der Waals surface area contributed by atoms with Crippen LogP contribution in [-0.2, 0) is 28.6 Å². The summed E-state index contributed by atoms with van der Waals surface area (Å²) in [6.07, 6.45) is 55.0. The fraction of sp³-hybridized carbons (Fsp3) is 0.745. The van der Waals surface area contributed by atoms with Crippen molar-refractivity contribution in [1.29, 1.82) is 0 Å². The number of ether oxygens (including phenoxy) is 3. The Morgan fingerprint density at radius 3 is 1.19 bits per heavy atom. The van der Waals surface area contributed by atoms with E-state index in [0.29, 0.717) is 25.7 Å². The first kappa shape index (κ1) is 54.1. The topological polar surface area (TPSA) is 78.9 Å². The molecule has 0 aromatic heterocycles. The molecule has 328 valence electrons. The van der Waals surface area contributed by atoms with Crippen molar-refractivity contribution in [2.45, 2.75) is 232 Å². The van der Waals surface area contributed by atoms with Gasteiger partial charge in [0, 0.05) is 19.3 Å². The van der Waals surface area contributed by atoms with Gasteiger partial charge in [-0.05, 0) is 83.5 Å². The van der Waals surface area contributed by atoms with Crippen molar-refractivity contribution in [3.63, 3.8) is 0 Å². The molecule has 0 aromatic carbocycles. The molecule has 6 heteroatoms. The lowest BCUT2D eigenvalue weighted by Crippen LogP contribution is -2.30. The Bertz CT molecular complexity index is 1050. The molecule has 0 aliphatic carbocycles. The maximum absolute atomic E-state index is 12.7. The number of unbranched alkanes of at least 4 members (excludes halogenated alkanes) is 23. The van der Waals surface area contributed by atoms with Crippen molar-refractivity contribution in [3.8, 4) is 0 Å². The quantitative estimate of drug-likeness (QED) is 0.0201. The van der Waals surface area contributed by atoms with E-state index in [1.54, 1.807) is 0 Å². The molecule has 57 heavy (non-hydrogen) atoms. The largest absolute Gasteiger partial charge is 0.462 e. The van der Waals surface area contributed by atoms with Crippen LogP contribution in [0.1, 0.15) is 226 Å². The van der Waals surface area contributed by atoms with Gasteiger partial charge in [0.15, 0.2) is 6.10 Å². The molecule has 0 rings (SSSR count). The van der Waals surface area contributed by atoms with Gasteiger partial charge in [-0.2, -0.15) is 0 Å². The highest BCUT2D eigenvalue weighted by atomic mass is 16.6. The van der Waals surface area contributed by atoms with Crippen LogP contribution in [0.25, 0.3) is 0 Å². The van der Waals surface area contributed by atoms with E-state index in [1.807, 2.05) is 0 Å². The zero-order valence-electron chi connectivity index (χ0n) is 37.3. The number of hydrogen-bond acceptors (Lipinski definition) is 6. The fourth-order valence-corrected chi connectivity index (χ4v) is 6.44. The molecule has 0 saturated heterocycles. The minimum absolute atomic E-state index is 0.0936. The molecule has 0 aromatic rings. The van der Waals surface area contributed by atoms with Crippen LogP contribution in [0.2, 0.25) is 0 Å². The monoisotopic (exact) mass is 797 g/mol. The van der Waals surface area contributed by atoms with Crippen molar-refractivity contribution in [2.24, 2.45) is 0 Å². The van der Waals surface area contributed by atoms with Crippen LogP contribution in [0, 0.1) is 0 Å². The predicted octanol–water partition coefficient (Wildman–Crippen LogP) is 15.3. The fourth-order valence-electron chi connectivity index (χ4n) is 6.44. The summed E-state index contributed by atoms with van der Waals surface area (Å²) in [5, 5.41) is 0. The summed E-state index contributed by atoms with van der Waals surface area (Å²) in [7, 11) is 0.